The van der Waals surface area contributed by atoms with Gasteiger partial charge in [-0.25, -0.2) is 0 Å². The van der Waals surface area contributed by atoms with E-state index in [9.17, 15) is 4.79 Å². The van der Waals surface area contributed by atoms with Crippen molar-refractivity contribution < 1.29 is 9.21 Å². The highest BCUT2D eigenvalue weighted by Crippen LogP contribution is 2.23. The second-order valence-corrected chi connectivity index (χ2v) is 4.57. The summed E-state index contributed by atoms with van der Waals surface area (Å²) in [6.07, 6.45) is 1.53. The van der Waals surface area contributed by atoms with Gasteiger partial charge in [-0.05, 0) is 31.8 Å². The summed E-state index contributed by atoms with van der Waals surface area (Å²) < 4.78 is 5.26. The fraction of sp³-hybridized carbons (Fsp3) is 0.231. The van der Waals surface area contributed by atoms with Gasteiger partial charge in [-0.3, -0.25) is 4.79 Å². The molecule has 0 aliphatic heterocycles. The number of benzene rings is 1. The first-order chi connectivity index (χ1) is 8.97. The van der Waals surface area contributed by atoms with Gasteiger partial charge in [0.1, 0.15) is 0 Å². The van der Waals surface area contributed by atoms with E-state index in [1.807, 2.05) is 32.3 Å². The van der Waals surface area contributed by atoms with Crippen LogP contribution in [-0.4, -0.2) is 30.9 Å². The summed E-state index contributed by atoms with van der Waals surface area (Å²) in [5.41, 5.74) is 11.5. The maximum Gasteiger partial charge on any atom is 0.316 e. The van der Waals surface area contributed by atoms with E-state index < -0.39 is 5.91 Å². The van der Waals surface area contributed by atoms with Crippen LogP contribution in [0.1, 0.15) is 16.1 Å². The van der Waals surface area contributed by atoms with E-state index in [4.69, 9.17) is 15.9 Å². The van der Waals surface area contributed by atoms with Crippen molar-refractivity contribution in [3.05, 3.63) is 35.8 Å². The lowest BCUT2D eigenvalue weighted by atomic mass is 10.1. The van der Waals surface area contributed by atoms with Gasteiger partial charge in [0.2, 0.25) is 5.76 Å². The number of hydrogen-bond donors (Lipinski definition) is 2. The van der Waals surface area contributed by atoms with Gasteiger partial charge in [-0.1, -0.05) is 6.07 Å². The Bertz CT molecular complexity index is 649. The Kier molecular flexibility index (Phi) is 7.21. The van der Waals surface area contributed by atoms with E-state index in [-0.39, 0.29) is 36.5 Å². The molecule has 2 rings (SSSR count). The molecule has 116 valence electrons. The monoisotopic (exact) mass is 332 g/mol. The molecule has 0 aliphatic carbocycles. The lowest BCUT2D eigenvalue weighted by Gasteiger charge is -2.09. The molecule has 4 N–H and O–H groups in total. The summed E-state index contributed by atoms with van der Waals surface area (Å²) in [6.45, 7) is 0.818. The van der Waals surface area contributed by atoms with E-state index in [2.05, 4.69) is 9.89 Å². The van der Waals surface area contributed by atoms with Crippen LogP contribution in [-0.2, 0) is 6.54 Å². The number of hydrogen-bond acceptors (Lipinski definition) is 3. The maximum absolute atomic E-state index is 11.7. The maximum atomic E-state index is 11.7. The van der Waals surface area contributed by atoms with Crippen molar-refractivity contribution in [3.63, 3.8) is 0 Å². The third-order valence-corrected chi connectivity index (χ3v) is 2.59. The summed E-state index contributed by atoms with van der Waals surface area (Å²) >= 11 is 0. The first-order valence-electron chi connectivity index (χ1n) is 5.76. The number of nitrogens with two attached hydrogens (primary N) is 2. The van der Waals surface area contributed by atoms with Crippen LogP contribution in [0.25, 0.3) is 10.8 Å². The van der Waals surface area contributed by atoms with E-state index in [1.54, 1.807) is 0 Å². The average Bonchev–Trinajstić information content (AvgIpc) is 2.70. The average molecular weight is 333 g/mol. The molecule has 0 spiro atoms. The molecular formula is C13H18Cl2N4O2. The number of amides is 1. The lowest BCUT2D eigenvalue weighted by Crippen LogP contribution is -2.24. The van der Waals surface area contributed by atoms with Gasteiger partial charge in [0, 0.05) is 17.3 Å². The summed E-state index contributed by atoms with van der Waals surface area (Å²) in [6, 6.07) is 5.77. The lowest BCUT2D eigenvalue weighted by molar-refractivity contribution is 0.0978. The molecule has 0 unspecified atom stereocenters. The van der Waals surface area contributed by atoms with Gasteiger partial charge >= 0.3 is 5.91 Å². The van der Waals surface area contributed by atoms with Crippen LogP contribution in [0, 0.1) is 0 Å². The molecule has 21 heavy (non-hydrogen) atoms. The van der Waals surface area contributed by atoms with E-state index in [1.165, 1.54) is 6.26 Å². The normalized spacial score (nSPS) is 9.86. The smallest absolute Gasteiger partial charge is 0.316 e. The summed E-state index contributed by atoms with van der Waals surface area (Å²) in [7, 11) is 3.99. The van der Waals surface area contributed by atoms with Crippen LogP contribution in [0.2, 0.25) is 0 Å². The number of aliphatic imine (C=N–C) groups is 1. The Morgan fingerprint density at radius 1 is 1.29 bits per heavy atom. The minimum atomic E-state index is -0.574. The number of rotatable bonds is 3. The van der Waals surface area contributed by atoms with Crippen molar-refractivity contribution in [2.24, 2.45) is 16.5 Å². The topological polar surface area (TPSA) is 97.8 Å². The number of halogens is 2. The standard InChI is InChI=1S/C13H16N4O2.2ClH/c1-17(2)6-8-3-4-10-9(5-8)7-19-11(10)12(18)16-13(14)15;;/h3-5,7H,6H2,1-2H3,(H4,14,15,16,18);2*1H. The van der Waals surface area contributed by atoms with Gasteiger partial charge in [0.25, 0.3) is 0 Å². The first-order valence-corrected chi connectivity index (χ1v) is 5.76. The molecule has 0 atom stereocenters. The highest BCUT2D eigenvalue weighted by Gasteiger charge is 2.14. The van der Waals surface area contributed by atoms with Crippen molar-refractivity contribution in [1.82, 2.24) is 4.90 Å². The van der Waals surface area contributed by atoms with Gasteiger partial charge < -0.3 is 20.8 Å². The first kappa shape index (κ1) is 19.2. The number of nitrogens with zero attached hydrogens (tertiary/aromatic N) is 2. The molecule has 1 aromatic carbocycles. The summed E-state index contributed by atoms with van der Waals surface area (Å²) in [4.78, 5) is 17.3. The van der Waals surface area contributed by atoms with Gasteiger partial charge in [0.15, 0.2) is 5.96 Å². The molecule has 0 saturated carbocycles. The molecule has 8 heteroatoms. The molecule has 0 fully saturated rings. The summed E-state index contributed by atoms with van der Waals surface area (Å²) in [5, 5.41) is 1.56. The molecular weight excluding hydrogens is 315 g/mol. The summed E-state index contributed by atoms with van der Waals surface area (Å²) in [5.74, 6) is -0.700. The Morgan fingerprint density at radius 3 is 2.52 bits per heavy atom. The minimum Gasteiger partial charge on any atom is -0.458 e. The number of guanidine groups is 1. The van der Waals surface area contributed by atoms with Gasteiger partial charge in [-0.2, -0.15) is 4.99 Å². The quantitative estimate of drug-likeness (QED) is 0.659. The van der Waals surface area contributed by atoms with Crippen LogP contribution in [0.5, 0.6) is 0 Å². The Balaban J connectivity index is 0.00000200. The Morgan fingerprint density at radius 2 is 1.95 bits per heavy atom. The molecule has 2 aromatic rings. The molecule has 1 aromatic heterocycles. The third-order valence-electron chi connectivity index (χ3n) is 2.59. The number of fused-ring (bicyclic) bond motifs is 1. The van der Waals surface area contributed by atoms with Crippen LogP contribution in [0.3, 0.4) is 0 Å². The van der Waals surface area contributed by atoms with Crippen molar-refractivity contribution in [1.29, 1.82) is 0 Å². The zero-order chi connectivity index (χ0) is 14.0. The Labute approximate surface area is 135 Å². The zero-order valence-electron chi connectivity index (χ0n) is 11.7. The van der Waals surface area contributed by atoms with Crippen LogP contribution < -0.4 is 11.5 Å². The number of furan rings is 1. The second kappa shape index (κ2) is 7.87. The fourth-order valence-electron chi connectivity index (χ4n) is 1.90. The van der Waals surface area contributed by atoms with E-state index in [0.717, 1.165) is 17.5 Å². The molecule has 1 amide bonds. The van der Waals surface area contributed by atoms with Gasteiger partial charge in [-0.15, -0.1) is 24.8 Å². The fourth-order valence-corrected chi connectivity index (χ4v) is 1.90. The van der Waals surface area contributed by atoms with Crippen LogP contribution in [0.4, 0.5) is 0 Å². The van der Waals surface area contributed by atoms with Crippen LogP contribution >= 0.6 is 24.8 Å². The molecule has 0 saturated heterocycles. The molecule has 0 bridgehead atoms. The van der Waals surface area contributed by atoms with Crippen molar-refractivity contribution >= 4 is 47.5 Å². The largest absolute Gasteiger partial charge is 0.458 e. The molecule has 6 nitrogen and oxygen atoms in total. The number of carbonyl (C=O) groups excluding carboxylic acids is 1. The second-order valence-electron chi connectivity index (χ2n) is 4.57. The van der Waals surface area contributed by atoms with Gasteiger partial charge in [0.05, 0.1) is 6.26 Å². The predicted octanol–water partition coefficient (Wildman–Crippen LogP) is 1.75. The molecule has 0 radical (unpaired) electrons. The SMILES string of the molecule is CN(C)Cc1ccc2c(C(=O)N=C(N)N)occ2c1.Cl.Cl. The minimum absolute atomic E-state index is 0. The van der Waals surface area contributed by atoms with E-state index in [0.29, 0.717) is 5.39 Å². The molecule has 1 heterocycles. The number of carbonyl (C=O) groups is 1. The van der Waals surface area contributed by atoms with Crippen molar-refractivity contribution in [3.8, 4) is 0 Å². The third kappa shape index (κ3) is 4.63. The zero-order valence-corrected chi connectivity index (χ0v) is 13.3. The predicted molar refractivity (Wildman–Crippen MR) is 88.2 cm³/mol. The molecule has 0 aliphatic rings. The van der Waals surface area contributed by atoms with Crippen molar-refractivity contribution in [2.45, 2.75) is 6.54 Å². The highest BCUT2D eigenvalue weighted by molar-refractivity contribution is 6.08. The van der Waals surface area contributed by atoms with Crippen LogP contribution in [0.15, 0.2) is 33.9 Å². The van der Waals surface area contributed by atoms with Crippen molar-refractivity contribution in [2.75, 3.05) is 14.1 Å². The van der Waals surface area contributed by atoms with E-state index >= 15 is 0 Å². The Hall–Kier alpha value is -1.76. The highest BCUT2D eigenvalue weighted by atomic mass is 35.5.